The summed E-state index contributed by atoms with van der Waals surface area (Å²) in [7, 11) is 0. The first-order chi connectivity index (χ1) is 13.1. The molecule has 0 aromatic carbocycles. The van der Waals surface area contributed by atoms with Gasteiger partial charge in [-0.2, -0.15) is 0 Å². The Labute approximate surface area is 174 Å². The van der Waals surface area contributed by atoms with Gasteiger partial charge in [0, 0.05) is 18.3 Å². The third-order valence-electron chi connectivity index (χ3n) is 4.58. The van der Waals surface area contributed by atoms with Crippen molar-refractivity contribution in [3.63, 3.8) is 0 Å². The van der Waals surface area contributed by atoms with Gasteiger partial charge in [-0.3, -0.25) is 5.32 Å². The van der Waals surface area contributed by atoms with Crippen LogP contribution in [0, 0.1) is 18.8 Å². The first-order valence-electron chi connectivity index (χ1n) is 10.4. The maximum absolute atomic E-state index is 10.8. The van der Waals surface area contributed by atoms with Crippen molar-refractivity contribution >= 4 is 0 Å². The molecule has 0 rings (SSSR count). The minimum absolute atomic E-state index is 0.275. The summed E-state index contributed by atoms with van der Waals surface area (Å²) < 4.78 is 10.8. The van der Waals surface area contributed by atoms with Gasteiger partial charge in [-0.05, 0) is 57.9 Å². The van der Waals surface area contributed by atoms with E-state index in [1.807, 2.05) is 13.1 Å². The summed E-state index contributed by atoms with van der Waals surface area (Å²) in [5, 5.41) is 15.5. The Morgan fingerprint density at radius 1 is 1.14 bits per heavy atom. The van der Waals surface area contributed by atoms with E-state index in [4.69, 9.17) is 5.84 Å². The number of hydrogen-bond acceptors (Lipinski definition) is 4. The Hall–Kier alpha value is -1.35. The summed E-state index contributed by atoms with van der Waals surface area (Å²) in [6.45, 7) is 17.0. The highest BCUT2D eigenvalue weighted by atomic mass is 19.1. The highest BCUT2D eigenvalue weighted by Crippen LogP contribution is 2.21. The minimum atomic E-state index is -0.628. The molecule has 0 amide bonds. The van der Waals surface area contributed by atoms with Gasteiger partial charge in [0.1, 0.15) is 6.23 Å². The van der Waals surface area contributed by atoms with Crippen molar-refractivity contribution in [3.8, 4) is 12.8 Å². The highest BCUT2D eigenvalue weighted by Gasteiger charge is 2.21. The lowest BCUT2D eigenvalue weighted by Gasteiger charge is -2.30. The van der Waals surface area contributed by atoms with Gasteiger partial charge in [0.15, 0.2) is 0 Å². The number of terminal acetylenes is 1. The van der Waals surface area contributed by atoms with Crippen LogP contribution in [-0.4, -0.2) is 28.4 Å². The standard InChI is InChI=1S/C18H39N3O.C3H5F.C2H2/c1-7-11-16(12-8-2)17(10-4)20-18(22)14(5)13-21(19)15(6)9-3;1-3(2)4;1-2/h13,15-18,20,22H,7-12,19H2,1-6H3;1H2,2H3;1-2H/b14-13+;;. The van der Waals surface area contributed by atoms with Crippen LogP contribution < -0.4 is 11.2 Å². The summed E-state index contributed by atoms with van der Waals surface area (Å²) in [6, 6.07) is 0.630. The number of aliphatic hydroxyl groups excluding tert-OH is 1. The molecule has 0 bridgehead atoms. The summed E-state index contributed by atoms with van der Waals surface area (Å²) >= 11 is 0. The van der Waals surface area contributed by atoms with E-state index in [-0.39, 0.29) is 11.9 Å². The fraction of sp³-hybridized carbons (Fsp3) is 0.739. The number of hydrogen-bond donors (Lipinski definition) is 3. The van der Waals surface area contributed by atoms with Crippen LogP contribution in [0.3, 0.4) is 0 Å². The van der Waals surface area contributed by atoms with Gasteiger partial charge >= 0.3 is 0 Å². The average Bonchev–Trinajstić information content (AvgIpc) is 2.66. The molecular weight excluding hydrogens is 353 g/mol. The van der Waals surface area contributed by atoms with Crippen LogP contribution in [-0.2, 0) is 0 Å². The molecule has 0 aliphatic rings. The molecule has 0 aliphatic carbocycles. The molecule has 4 N–H and O–H groups in total. The molecule has 0 aromatic rings. The first-order valence-corrected chi connectivity index (χ1v) is 10.4. The second-order valence-corrected chi connectivity index (χ2v) is 7.18. The average molecular weight is 400 g/mol. The predicted octanol–water partition coefficient (Wildman–Crippen LogP) is 5.51. The number of aliphatic hydroxyl groups is 1. The summed E-state index contributed by atoms with van der Waals surface area (Å²) in [5.74, 6) is 6.30. The number of hydrazine groups is 1. The molecule has 0 fully saturated rings. The van der Waals surface area contributed by atoms with Gasteiger partial charge in [-0.25, -0.2) is 10.2 Å². The zero-order valence-electron chi connectivity index (χ0n) is 19.3. The van der Waals surface area contributed by atoms with Crippen LogP contribution in [0.25, 0.3) is 0 Å². The molecule has 0 aliphatic heterocycles. The molecule has 0 aromatic heterocycles. The molecule has 4 nitrogen and oxygen atoms in total. The molecule has 5 heteroatoms. The molecule has 166 valence electrons. The third-order valence-corrected chi connectivity index (χ3v) is 4.58. The summed E-state index contributed by atoms with van der Waals surface area (Å²) in [4.78, 5) is 0. The lowest BCUT2D eigenvalue weighted by molar-refractivity contribution is 0.129. The van der Waals surface area contributed by atoms with Crippen LogP contribution in [0.1, 0.15) is 87.0 Å². The molecule has 3 unspecified atom stereocenters. The topological polar surface area (TPSA) is 61.5 Å². The lowest BCUT2D eigenvalue weighted by Crippen LogP contribution is -2.44. The quantitative estimate of drug-likeness (QED) is 0.175. The van der Waals surface area contributed by atoms with E-state index < -0.39 is 6.23 Å². The molecule has 0 saturated heterocycles. The molecule has 28 heavy (non-hydrogen) atoms. The minimum Gasteiger partial charge on any atom is -0.375 e. The van der Waals surface area contributed by atoms with Crippen molar-refractivity contribution in [1.82, 2.24) is 10.3 Å². The number of nitrogens with one attached hydrogen (secondary N) is 1. The van der Waals surface area contributed by atoms with Crippen molar-refractivity contribution in [2.24, 2.45) is 11.8 Å². The van der Waals surface area contributed by atoms with E-state index >= 15 is 0 Å². The largest absolute Gasteiger partial charge is 0.375 e. The van der Waals surface area contributed by atoms with Crippen LogP contribution >= 0.6 is 0 Å². The van der Waals surface area contributed by atoms with E-state index in [0.717, 1.165) is 18.4 Å². The molecule has 0 saturated carbocycles. The Morgan fingerprint density at radius 3 is 1.89 bits per heavy atom. The lowest BCUT2D eigenvalue weighted by atomic mass is 9.88. The molecule has 3 atom stereocenters. The Kier molecular flexibility index (Phi) is 22.8. The van der Waals surface area contributed by atoms with Crippen molar-refractivity contribution in [1.29, 1.82) is 0 Å². The molecular formula is C23H46FN3O. The van der Waals surface area contributed by atoms with Crippen LogP contribution in [0.5, 0.6) is 0 Å². The highest BCUT2D eigenvalue weighted by molar-refractivity contribution is 5.03. The van der Waals surface area contributed by atoms with Crippen molar-refractivity contribution < 1.29 is 9.50 Å². The number of rotatable bonds is 12. The molecule has 0 radical (unpaired) electrons. The molecule has 0 spiro atoms. The Morgan fingerprint density at radius 2 is 1.57 bits per heavy atom. The third kappa shape index (κ3) is 16.8. The van der Waals surface area contributed by atoms with Crippen molar-refractivity contribution in [2.75, 3.05) is 0 Å². The molecule has 0 heterocycles. The summed E-state index contributed by atoms with van der Waals surface area (Å²) in [6.07, 6.45) is 16.1. The maximum Gasteiger partial charge on any atom is 0.128 e. The Balaban J connectivity index is -0.000000916. The van der Waals surface area contributed by atoms with E-state index in [1.165, 1.54) is 32.6 Å². The zero-order chi connectivity index (χ0) is 22.7. The Bertz CT molecular complexity index is 413. The fourth-order valence-electron chi connectivity index (χ4n) is 2.85. The van der Waals surface area contributed by atoms with Gasteiger partial charge in [-0.15, -0.1) is 12.8 Å². The normalized spacial score (nSPS) is 14.1. The maximum atomic E-state index is 10.8. The predicted molar refractivity (Wildman–Crippen MR) is 122 cm³/mol. The van der Waals surface area contributed by atoms with Crippen LogP contribution in [0.4, 0.5) is 4.39 Å². The number of nitrogens with zero attached hydrogens (tertiary/aromatic N) is 1. The van der Waals surface area contributed by atoms with E-state index in [2.05, 4.69) is 59.4 Å². The van der Waals surface area contributed by atoms with E-state index in [9.17, 15) is 9.50 Å². The van der Waals surface area contributed by atoms with E-state index in [0.29, 0.717) is 12.0 Å². The van der Waals surface area contributed by atoms with Gasteiger partial charge < -0.3 is 10.1 Å². The second-order valence-electron chi connectivity index (χ2n) is 7.18. The number of halogens is 1. The van der Waals surface area contributed by atoms with Crippen molar-refractivity contribution in [3.05, 3.63) is 24.2 Å². The van der Waals surface area contributed by atoms with Gasteiger partial charge in [0.05, 0.1) is 5.83 Å². The first kappa shape index (κ1) is 31.3. The summed E-state index contributed by atoms with van der Waals surface area (Å²) in [5.41, 5.74) is 0.869. The number of allylic oxidation sites excluding steroid dienone is 1. The van der Waals surface area contributed by atoms with Crippen LogP contribution in [0.2, 0.25) is 0 Å². The van der Waals surface area contributed by atoms with Crippen LogP contribution in [0.15, 0.2) is 24.2 Å². The van der Waals surface area contributed by atoms with Gasteiger partial charge in [0.25, 0.3) is 0 Å². The second kappa shape index (κ2) is 20.4. The smallest absolute Gasteiger partial charge is 0.128 e. The van der Waals surface area contributed by atoms with E-state index in [1.54, 1.807) is 5.01 Å². The fourth-order valence-corrected chi connectivity index (χ4v) is 2.85. The SMILES string of the molecule is C#C.C=C(C)F.CCCC(CCC)C(CC)NC(O)/C(C)=C/N(N)C(C)CC. The van der Waals surface area contributed by atoms with Gasteiger partial charge in [0.2, 0.25) is 0 Å². The van der Waals surface area contributed by atoms with Crippen molar-refractivity contribution in [2.45, 2.75) is 105 Å². The zero-order valence-corrected chi connectivity index (χ0v) is 19.3. The monoisotopic (exact) mass is 399 g/mol. The number of nitrogens with two attached hydrogens (primary N) is 1. The van der Waals surface area contributed by atoms with Gasteiger partial charge in [-0.1, -0.05) is 47.1 Å².